The number of nitro benzene ring substituents is 1. The van der Waals surface area contributed by atoms with E-state index in [1.54, 1.807) is 36.4 Å². The van der Waals surface area contributed by atoms with Crippen molar-refractivity contribution in [2.24, 2.45) is 0 Å². The van der Waals surface area contributed by atoms with Gasteiger partial charge in [-0.15, -0.1) is 0 Å². The topological polar surface area (TPSA) is 148 Å². The third-order valence-corrected chi connectivity index (χ3v) is 7.21. The van der Waals surface area contributed by atoms with Gasteiger partial charge in [-0.2, -0.15) is 0 Å². The van der Waals surface area contributed by atoms with Crippen molar-refractivity contribution in [3.8, 4) is 11.5 Å². The maximum atomic E-state index is 11.2. The van der Waals surface area contributed by atoms with Crippen molar-refractivity contribution in [2.45, 2.75) is 6.61 Å². The van der Waals surface area contributed by atoms with Gasteiger partial charge in [-0.3, -0.25) is 10.1 Å². The second-order valence-electron chi connectivity index (χ2n) is 10.5. The fourth-order valence-corrected chi connectivity index (χ4v) is 4.87. The van der Waals surface area contributed by atoms with Crippen molar-refractivity contribution >= 4 is 56.2 Å². The number of pyridine rings is 2. The normalized spacial score (nSPS) is 10.6. The molecule has 47 heavy (non-hydrogen) atoms. The molecule has 0 atom stereocenters. The van der Waals surface area contributed by atoms with Crippen LogP contribution in [0, 0.1) is 10.1 Å². The lowest BCUT2D eigenvalue weighted by atomic mass is 10.2. The van der Waals surface area contributed by atoms with E-state index in [0.29, 0.717) is 46.4 Å². The number of rotatable bonds is 8. The van der Waals surface area contributed by atoms with Crippen LogP contribution in [-0.4, -0.2) is 20.0 Å². The van der Waals surface area contributed by atoms with E-state index in [0.717, 1.165) is 22.0 Å². The number of aromatic hydroxyl groups is 1. The molecule has 0 saturated carbocycles. The molecule has 232 valence electrons. The summed E-state index contributed by atoms with van der Waals surface area (Å²) in [5, 5.41) is 29.0. The number of phenols is 1. The number of fused-ring (bicyclic) bond motifs is 2. The van der Waals surface area contributed by atoms with Gasteiger partial charge in [0.05, 0.1) is 16.3 Å². The first kappa shape index (κ1) is 30.4. The van der Waals surface area contributed by atoms with Gasteiger partial charge in [0.2, 0.25) is 0 Å². The molecule has 0 spiro atoms. The van der Waals surface area contributed by atoms with Crippen molar-refractivity contribution in [3.05, 3.63) is 155 Å². The predicted octanol–water partition coefficient (Wildman–Crippen LogP) is 8.73. The average molecular weight is 623 g/mol. The van der Waals surface area contributed by atoms with Crippen molar-refractivity contribution < 1.29 is 14.8 Å². The van der Waals surface area contributed by atoms with Gasteiger partial charge in [-0.25, -0.2) is 9.97 Å². The SMILES string of the molecule is Nc1ccccc1Nc1ccc2cccc(O)c2n1.O=[N+]([O-])c1ccccc1Nc1ccc2cccc(OCc3ccccc3)c2n1. The molecule has 5 N–H and O–H groups in total. The molecule has 0 aliphatic heterocycles. The highest BCUT2D eigenvalue weighted by molar-refractivity contribution is 5.87. The zero-order valence-corrected chi connectivity index (χ0v) is 25.1. The number of nitrogens with zero attached hydrogens (tertiary/aromatic N) is 3. The summed E-state index contributed by atoms with van der Waals surface area (Å²) in [6, 6.07) is 42.4. The summed E-state index contributed by atoms with van der Waals surface area (Å²) >= 11 is 0. The molecule has 0 aliphatic rings. The minimum absolute atomic E-state index is 0.00184. The predicted molar refractivity (Wildman–Crippen MR) is 186 cm³/mol. The summed E-state index contributed by atoms with van der Waals surface area (Å²) in [4.78, 5) is 19.8. The van der Waals surface area contributed by atoms with E-state index in [4.69, 9.17) is 10.5 Å². The molecule has 7 rings (SSSR count). The maximum Gasteiger partial charge on any atom is 0.292 e. The highest BCUT2D eigenvalue weighted by atomic mass is 16.6. The number of nitrogens with two attached hydrogens (primary N) is 1. The van der Waals surface area contributed by atoms with Crippen LogP contribution >= 0.6 is 0 Å². The third-order valence-electron chi connectivity index (χ3n) is 7.21. The van der Waals surface area contributed by atoms with E-state index >= 15 is 0 Å². The smallest absolute Gasteiger partial charge is 0.292 e. The molecule has 5 aromatic carbocycles. The van der Waals surface area contributed by atoms with Crippen LogP contribution in [0.5, 0.6) is 11.5 Å². The van der Waals surface area contributed by atoms with E-state index in [1.165, 1.54) is 6.07 Å². The van der Waals surface area contributed by atoms with Crippen LogP contribution in [0.4, 0.5) is 34.4 Å². The monoisotopic (exact) mass is 622 g/mol. The zero-order valence-electron chi connectivity index (χ0n) is 25.1. The molecule has 10 heteroatoms. The van der Waals surface area contributed by atoms with Crippen LogP contribution in [0.15, 0.2) is 140 Å². The summed E-state index contributed by atoms with van der Waals surface area (Å²) in [6.45, 7) is 0.434. The third kappa shape index (κ3) is 7.35. The largest absolute Gasteiger partial charge is 0.506 e. The molecular weight excluding hydrogens is 592 g/mol. The maximum absolute atomic E-state index is 11.2. The van der Waals surface area contributed by atoms with Gasteiger partial charge in [-0.1, -0.05) is 78.9 Å². The van der Waals surface area contributed by atoms with Crippen molar-refractivity contribution in [1.82, 2.24) is 9.97 Å². The van der Waals surface area contributed by atoms with E-state index in [9.17, 15) is 15.2 Å². The Bertz CT molecular complexity index is 2180. The van der Waals surface area contributed by atoms with Crippen molar-refractivity contribution in [1.29, 1.82) is 0 Å². The number of nitro groups is 1. The van der Waals surface area contributed by atoms with Crippen molar-refractivity contribution in [2.75, 3.05) is 16.4 Å². The molecule has 2 heterocycles. The van der Waals surface area contributed by atoms with E-state index < -0.39 is 4.92 Å². The van der Waals surface area contributed by atoms with Crippen LogP contribution < -0.4 is 21.1 Å². The molecule has 0 fully saturated rings. The Morgan fingerprint density at radius 1 is 0.660 bits per heavy atom. The number of para-hydroxylation sites is 6. The van der Waals surface area contributed by atoms with Gasteiger partial charge in [0, 0.05) is 16.8 Å². The number of aromatic nitrogens is 2. The number of hydrogen-bond acceptors (Lipinski definition) is 9. The van der Waals surface area contributed by atoms with E-state index in [-0.39, 0.29) is 11.4 Å². The van der Waals surface area contributed by atoms with Crippen LogP contribution in [0.2, 0.25) is 0 Å². The Kier molecular flexibility index (Phi) is 9.01. The summed E-state index contributed by atoms with van der Waals surface area (Å²) in [5.74, 6) is 1.99. The first-order valence-electron chi connectivity index (χ1n) is 14.7. The highest BCUT2D eigenvalue weighted by Crippen LogP contribution is 2.30. The Morgan fingerprint density at radius 3 is 1.98 bits per heavy atom. The van der Waals surface area contributed by atoms with E-state index in [2.05, 4.69) is 20.6 Å². The highest BCUT2D eigenvalue weighted by Gasteiger charge is 2.14. The van der Waals surface area contributed by atoms with Gasteiger partial charge >= 0.3 is 0 Å². The molecule has 7 aromatic rings. The number of phenolic OH excluding ortho intramolecular Hbond substituents is 1. The number of nitrogen functional groups attached to an aromatic ring is 1. The molecule has 0 aliphatic carbocycles. The molecule has 0 bridgehead atoms. The first-order valence-corrected chi connectivity index (χ1v) is 14.7. The molecule has 10 nitrogen and oxygen atoms in total. The standard InChI is InChI=1S/C22H17N3O3.C15H13N3O/c26-25(27)19-11-5-4-10-18(19)23-21-14-13-17-9-6-12-20(22(17)24-21)28-15-16-7-2-1-3-8-16;16-11-5-1-2-6-12(11)17-14-9-8-10-4-3-7-13(19)15(10)18-14/h1-14H,15H2,(H,23,24);1-9,19H,16H2,(H,17,18). The summed E-state index contributed by atoms with van der Waals surface area (Å²) in [6.07, 6.45) is 0. The Morgan fingerprint density at radius 2 is 1.26 bits per heavy atom. The molecule has 0 saturated heterocycles. The second kappa shape index (κ2) is 14.0. The Hall–Kier alpha value is -6.68. The molecule has 0 radical (unpaired) electrons. The summed E-state index contributed by atoms with van der Waals surface area (Å²) < 4.78 is 5.97. The summed E-state index contributed by atoms with van der Waals surface area (Å²) in [7, 11) is 0. The number of ether oxygens (including phenoxy) is 1. The average Bonchev–Trinajstić information content (AvgIpc) is 3.10. The van der Waals surface area contributed by atoms with Gasteiger partial charge < -0.3 is 26.2 Å². The lowest BCUT2D eigenvalue weighted by Crippen LogP contribution is -2.00. The van der Waals surface area contributed by atoms with Gasteiger partial charge in [0.1, 0.15) is 46.5 Å². The molecule has 0 amide bonds. The van der Waals surface area contributed by atoms with Crippen molar-refractivity contribution in [3.63, 3.8) is 0 Å². The van der Waals surface area contributed by atoms with Crippen LogP contribution in [-0.2, 0) is 6.61 Å². The minimum atomic E-state index is -0.419. The lowest BCUT2D eigenvalue weighted by Gasteiger charge is -2.11. The lowest BCUT2D eigenvalue weighted by molar-refractivity contribution is -0.383. The summed E-state index contributed by atoms with van der Waals surface area (Å²) in [5.41, 5.74) is 10.0. The van der Waals surface area contributed by atoms with Crippen LogP contribution in [0.25, 0.3) is 21.8 Å². The van der Waals surface area contributed by atoms with E-state index in [1.807, 2.05) is 97.1 Å². The second-order valence-corrected chi connectivity index (χ2v) is 10.5. The molecule has 0 unspecified atom stereocenters. The minimum Gasteiger partial charge on any atom is -0.506 e. The van der Waals surface area contributed by atoms with Gasteiger partial charge in [0.15, 0.2) is 0 Å². The molecular formula is C37H30N6O4. The number of nitrogens with one attached hydrogen (secondary N) is 2. The fraction of sp³-hybridized carbons (Fsp3) is 0.0270. The number of benzene rings is 5. The Labute approximate surface area is 270 Å². The number of hydrogen-bond donors (Lipinski definition) is 4. The van der Waals surface area contributed by atoms with Gasteiger partial charge in [0.25, 0.3) is 5.69 Å². The number of anilines is 5. The van der Waals surface area contributed by atoms with Crippen LogP contribution in [0.1, 0.15) is 5.56 Å². The first-order chi connectivity index (χ1) is 22.9. The van der Waals surface area contributed by atoms with Gasteiger partial charge in [-0.05, 0) is 60.2 Å². The fourth-order valence-electron chi connectivity index (χ4n) is 4.87. The quantitative estimate of drug-likeness (QED) is 0.0741. The Balaban J connectivity index is 0.000000177. The zero-order chi connectivity index (χ0) is 32.6. The van der Waals surface area contributed by atoms with Crippen LogP contribution in [0.3, 0.4) is 0 Å². The molecule has 2 aromatic heterocycles.